The third-order valence-corrected chi connectivity index (χ3v) is 3.11. The maximum atomic E-state index is 5.81. The molecule has 2 aliphatic carbocycles. The van der Waals surface area contributed by atoms with E-state index in [4.69, 9.17) is 17.2 Å². The molecule has 0 radical (unpaired) electrons. The van der Waals surface area contributed by atoms with E-state index in [9.17, 15) is 0 Å². The maximum Gasteiger partial charge on any atom is 0.0349 e. The van der Waals surface area contributed by atoms with Crippen LogP contribution < -0.4 is 22.5 Å². The van der Waals surface area contributed by atoms with Gasteiger partial charge in [-0.15, -0.1) is 0 Å². The summed E-state index contributed by atoms with van der Waals surface area (Å²) in [6.07, 6.45) is 3.21. The van der Waals surface area contributed by atoms with Crippen molar-refractivity contribution < 1.29 is 0 Å². The third kappa shape index (κ3) is 1.35. The summed E-state index contributed by atoms with van der Waals surface area (Å²) >= 11 is 0. The summed E-state index contributed by atoms with van der Waals surface area (Å²) in [5.74, 6) is 0. The van der Waals surface area contributed by atoms with Crippen molar-refractivity contribution in [2.45, 2.75) is 49.5 Å². The molecule has 0 spiro atoms. The first-order chi connectivity index (χ1) is 5.66. The Morgan fingerprint density at radius 3 is 2.08 bits per heavy atom. The molecule has 0 bridgehead atoms. The summed E-state index contributed by atoms with van der Waals surface area (Å²) in [6.45, 7) is 0. The van der Waals surface area contributed by atoms with Gasteiger partial charge in [0.25, 0.3) is 0 Å². The molecule has 4 heteroatoms. The molecule has 0 amide bonds. The second-order valence-corrected chi connectivity index (χ2v) is 4.18. The van der Waals surface area contributed by atoms with Gasteiger partial charge >= 0.3 is 0 Å². The van der Waals surface area contributed by atoms with Gasteiger partial charge in [0.05, 0.1) is 0 Å². The first-order valence-electron chi connectivity index (χ1n) is 4.69. The van der Waals surface area contributed by atoms with Crippen LogP contribution in [0.2, 0.25) is 0 Å². The first-order valence-corrected chi connectivity index (χ1v) is 4.69. The van der Waals surface area contributed by atoms with Gasteiger partial charge in [0.1, 0.15) is 0 Å². The van der Waals surface area contributed by atoms with Crippen LogP contribution in [0.15, 0.2) is 0 Å². The number of hydrogen-bond acceptors (Lipinski definition) is 4. The van der Waals surface area contributed by atoms with Gasteiger partial charge in [-0.25, -0.2) is 0 Å². The molecule has 0 aliphatic heterocycles. The minimum Gasteiger partial charge on any atom is -0.328 e. The summed E-state index contributed by atoms with van der Waals surface area (Å²) in [5, 5.41) is 3.48. The molecule has 0 aromatic rings. The van der Waals surface area contributed by atoms with Crippen molar-refractivity contribution >= 4 is 0 Å². The molecule has 70 valence electrons. The smallest absolute Gasteiger partial charge is 0.0349 e. The lowest BCUT2D eigenvalue weighted by Gasteiger charge is -2.45. The van der Waals surface area contributed by atoms with Gasteiger partial charge in [0, 0.05) is 30.2 Å². The topological polar surface area (TPSA) is 90.1 Å². The van der Waals surface area contributed by atoms with Crippen LogP contribution in [0, 0.1) is 0 Å². The average Bonchev–Trinajstić information content (AvgIpc) is 2.00. The minimum atomic E-state index is 0.154. The predicted octanol–water partition coefficient (Wildman–Crippen LogP) is -1.51. The number of nitrogens with one attached hydrogen (secondary N) is 1. The lowest BCUT2D eigenvalue weighted by molar-refractivity contribution is 0.178. The highest BCUT2D eigenvalue weighted by atomic mass is 15.1. The second-order valence-electron chi connectivity index (χ2n) is 4.18. The Labute approximate surface area is 72.9 Å². The van der Waals surface area contributed by atoms with E-state index >= 15 is 0 Å². The molecular formula is C8H18N4. The van der Waals surface area contributed by atoms with Gasteiger partial charge in [-0.3, -0.25) is 0 Å². The van der Waals surface area contributed by atoms with Crippen LogP contribution in [-0.4, -0.2) is 30.2 Å². The molecule has 3 unspecified atom stereocenters. The lowest BCUT2D eigenvalue weighted by Crippen LogP contribution is -2.68. The van der Waals surface area contributed by atoms with Crippen molar-refractivity contribution in [1.82, 2.24) is 5.32 Å². The van der Waals surface area contributed by atoms with Crippen LogP contribution in [-0.2, 0) is 0 Å². The molecule has 2 saturated carbocycles. The van der Waals surface area contributed by atoms with Crippen molar-refractivity contribution in [1.29, 1.82) is 0 Å². The summed E-state index contributed by atoms with van der Waals surface area (Å²) in [5.41, 5.74) is 17.2. The first kappa shape index (κ1) is 8.44. The highest BCUT2D eigenvalue weighted by Crippen LogP contribution is 2.23. The molecular weight excluding hydrogens is 152 g/mol. The molecule has 0 saturated heterocycles. The fourth-order valence-electron chi connectivity index (χ4n) is 1.99. The van der Waals surface area contributed by atoms with E-state index in [2.05, 4.69) is 5.32 Å². The standard InChI is InChI=1S/C8H18N4/c9-4-1-5(2-4)12-7-3-6(10)8(7)11/h4-8,12H,1-3,9-11H2. The highest BCUT2D eigenvalue weighted by molar-refractivity contribution is 5.03. The van der Waals surface area contributed by atoms with Gasteiger partial charge in [0.15, 0.2) is 0 Å². The van der Waals surface area contributed by atoms with Crippen LogP contribution in [0.1, 0.15) is 19.3 Å². The zero-order valence-electron chi connectivity index (χ0n) is 7.24. The van der Waals surface area contributed by atoms with E-state index in [0.29, 0.717) is 18.1 Å². The van der Waals surface area contributed by atoms with E-state index in [0.717, 1.165) is 19.3 Å². The van der Waals surface area contributed by atoms with Crippen LogP contribution in [0.3, 0.4) is 0 Å². The number of nitrogens with two attached hydrogens (primary N) is 3. The van der Waals surface area contributed by atoms with E-state index in [1.54, 1.807) is 0 Å². The lowest BCUT2D eigenvalue weighted by atomic mass is 9.79. The van der Waals surface area contributed by atoms with Gasteiger partial charge in [0.2, 0.25) is 0 Å². The van der Waals surface area contributed by atoms with Crippen molar-refractivity contribution in [2.75, 3.05) is 0 Å². The molecule has 7 N–H and O–H groups in total. The molecule has 0 heterocycles. The molecule has 3 atom stereocenters. The summed E-state index contributed by atoms with van der Waals surface area (Å²) < 4.78 is 0. The van der Waals surface area contributed by atoms with E-state index < -0.39 is 0 Å². The largest absolute Gasteiger partial charge is 0.328 e. The maximum absolute atomic E-state index is 5.81. The second kappa shape index (κ2) is 2.96. The van der Waals surface area contributed by atoms with Crippen LogP contribution in [0.5, 0.6) is 0 Å². The van der Waals surface area contributed by atoms with Crippen molar-refractivity contribution in [3.05, 3.63) is 0 Å². The molecule has 4 nitrogen and oxygen atoms in total. The quantitative estimate of drug-likeness (QED) is 0.406. The SMILES string of the molecule is NC1CC(NC2CC(N)C2N)C1. The Balaban J connectivity index is 1.68. The number of rotatable bonds is 2. The number of hydrogen-bond donors (Lipinski definition) is 4. The zero-order chi connectivity index (χ0) is 8.72. The highest BCUT2D eigenvalue weighted by Gasteiger charge is 2.38. The van der Waals surface area contributed by atoms with Crippen molar-refractivity contribution in [3.8, 4) is 0 Å². The predicted molar refractivity (Wildman–Crippen MR) is 48.5 cm³/mol. The minimum absolute atomic E-state index is 0.154. The Morgan fingerprint density at radius 2 is 1.67 bits per heavy atom. The van der Waals surface area contributed by atoms with E-state index in [1.807, 2.05) is 0 Å². The van der Waals surface area contributed by atoms with Gasteiger partial charge in [-0.2, -0.15) is 0 Å². The monoisotopic (exact) mass is 170 g/mol. The summed E-state index contributed by atoms with van der Waals surface area (Å²) in [4.78, 5) is 0. The van der Waals surface area contributed by atoms with Gasteiger partial charge in [-0.1, -0.05) is 0 Å². The fourth-order valence-corrected chi connectivity index (χ4v) is 1.99. The fraction of sp³-hybridized carbons (Fsp3) is 1.00. The van der Waals surface area contributed by atoms with Crippen LogP contribution >= 0.6 is 0 Å². The Morgan fingerprint density at radius 1 is 1.00 bits per heavy atom. The average molecular weight is 170 g/mol. The zero-order valence-corrected chi connectivity index (χ0v) is 7.24. The normalized spacial score (nSPS) is 52.8. The van der Waals surface area contributed by atoms with E-state index in [1.165, 1.54) is 0 Å². The molecule has 2 fully saturated rings. The molecule has 2 rings (SSSR count). The van der Waals surface area contributed by atoms with Crippen LogP contribution in [0.4, 0.5) is 0 Å². The Bertz CT molecular complexity index is 166. The molecule has 0 aromatic heterocycles. The molecule has 12 heavy (non-hydrogen) atoms. The molecule has 2 aliphatic rings. The van der Waals surface area contributed by atoms with Crippen molar-refractivity contribution in [3.63, 3.8) is 0 Å². The molecule has 0 aromatic carbocycles. The third-order valence-electron chi connectivity index (χ3n) is 3.11. The van der Waals surface area contributed by atoms with E-state index in [-0.39, 0.29) is 12.1 Å². The van der Waals surface area contributed by atoms with Crippen molar-refractivity contribution in [2.24, 2.45) is 17.2 Å². The summed E-state index contributed by atoms with van der Waals surface area (Å²) in [7, 11) is 0. The van der Waals surface area contributed by atoms with Crippen LogP contribution in [0.25, 0.3) is 0 Å². The summed E-state index contributed by atoms with van der Waals surface area (Å²) in [6, 6.07) is 1.81. The Kier molecular flexibility index (Phi) is 2.08. The van der Waals surface area contributed by atoms with Gasteiger partial charge in [-0.05, 0) is 19.3 Å². The Hall–Kier alpha value is -0.160. The van der Waals surface area contributed by atoms with Gasteiger partial charge < -0.3 is 22.5 Å².